The van der Waals surface area contributed by atoms with Crippen molar-refractivity contribution in [1.29, 1.82) is 0 Å². The molecular formula is C12H27N. The molecule has 0 heterocycles. The van der Waals surface area contributed by atoms with Crippen molar-refractivity contribution in [3.8, 4) is 0 Å². The van der Waals surface area contributed by atoms with Crippen LogP contribution in [0.15, 0.2) is 0 Å². The minimum atomic E-state index is 0.672. The van der Waals surface area contributed by atoms with Crippen molar-refractivity contribution in [3.05, 3.63) is 0 Å². The minimum absolute atomic E-state index is 0.672. The standard InChI is InChI=1S/C12H27N/c1-5-6-7-8-9-10-13-12(4)11(2)3/h11-13H,5-10H2,1-4H3. The third kappa shape index (κ3) is 8.29. The van der Waals surface area contributed by atoms with Crippen LogP contribution in [-0.4, -0.2) is 12.6 Å². The molecule has 0 aromatic rings. The largest absolute Gasteiger partial charge is 0.314 e. The van der Waals surface area contributed by atoms with Gasteiger partial charge in [0.05, 0.1) is 0 Å². The Balaban J connectivity index is 3.07. The van der Waals surface area contributed by atoms with Crippen molar-refractivity contribution in [3.63, 3.8) is 0 Å². The lowest BCUT2D eigenvalue weighted by Gasteiger charge is -2.17. The molecule has 0 saturated carbocycles. The van der Waals surface area contributed by atoms with E-state index in [-0.39, 0.29) is 0 Å². The van der Waals surface area contributed by atoms with Gasteiger partial charge in [-0.15, -0.1) is 0 Å². The number of rotatable bonds is 8. The van der Waals surface area contributed by atoms with Gasteiger partial charge in [0.25, 0.3) is 0 Å². The SMILES string of the molecule is CCCCCCCNC(C)C(C)C. The van der Waals surface area contributed by atoms with Gasteiger partial charge in [0.2, 0.25) is 0 Å². The summed E-state index contributed by atoms with van der Waals surface area (Å²) >= 11 is 0. The van der Waals surface area contributed by atoms with E-state index in [4.69, 9.17) is 0 Å². The Kier molecular flexibility index (Phi) is 8.53. The molecule has 1 N–H and O–H groups in total. The fourth-order valence-corrected chi connectivity index (χ4v) is 1.29. The second kappa shape index (κ2) is 8.55. The molecule has 0 fully saturated rings. The van der Waals surface area contributed by atoms with Crippen LogP contribution < -0.4 is 5.32 Å². The van der Waals surface area contributed by atoms with E-state index in [2.05, 4.69) is 33.0 Å². The highest BCUT2D eigenvalue weighted by atomic mass is 14.9. The van der Waals surface area contributed by atoms with Gasteiger partial charge in [0.15, 0.2) is 0 Å². The van der Waals surface area contributed by atoms with Gasteiger partial charge in [-0.2, -0.15) is 0 Å². The Morgan fingerprint density at radius 3 is 2.08 bits per heavy atom. The summed E-state index contributed by atoms with van der Waals surface area (Å²) in [6.07, 6.45) is 6.90. The molecule has 0 spiro atoms. The predicted molar refractivity (Wildman–Crippen MR) is 61.1 cm³/mol. The number of hydrogen-bond donors (Lipinski definition) is 1. The topological polar surface area (TPSA) is 12.0 Å². The lowest BCUT2D eigenvalue weighted by atomic mass is 10.1. The second-order valence-electron chi connectivity index (χ2n) is 4.40. The Hall–Kier alpha value is -0.0400. The van der Waals surface area contributed by atoms with E-state index in [1.54, 1.807) is 0 Å². The summed E-state index contributed by atoms with van der Waals surface area (Å²) < 4.78 is 0. The molecule has 0 saturated heterocycles. The van der Waals surface area contributed by atoms with Crippen molar-refractivity contribution < 1.29 is 0 Å². The zero-order valence-electron chi connectivity index (χ0n) is 9.90. The summed E-state index contributed by atoms with van der Waals surface area (Å²) in [5.74, 6) is 0.760. The van der Waals surface area contributed by atoms with Crippen LogP contribution in [0.25, 0.3) is 0 Å². The van der Waals surface area contributed by atoms with E-state index in [0.29, 0.717) is 6.04 Å². The highest BCUT2D eigenvalue weighted by Gasteiger charge is 2.04. The molecule has 1 heteroatoms. The molecule has 0 bridgehead atoms. The summed E-state index contributed by atoms with van der Waals surface area (Å²) in [6.45, 7) is 10.3. The molecular weight excluding hydrogens is 158 g/mol. The van der Waals surface area contributed by atoms with Crippen LogP contribution in [0.3, 0.4) is 0 Å². The Labute approximate surface area is 84.3 Å². The highest BCUT2D eigenvalue weighted by molar-refractivity contribution is 4.63. The molecule has 0 rings (SSSR count). The Morgan fingerprint density at radius 1 is 0.923 bits per heavy atom. The smallest absolute Gasteiger partial charge is 0.00617 e. The first-order valence-electron chi connectivity index (χ1n) is 5.91. The lowest BCUT2D eigenvalue weighted by molar-refractivity contribution is 0.419. The fraction of sp³-hybridized carbons (Fsp3) is 1.00. The molecule has 1 nitrogen and oxygen atoms in total. The highest BCUT2D eigenvalue weighted by Crippen LogP contribution is 2.03. The van der Waals surface area contributed by atoms with Gasteiger partial charge < -0.3 is 5.32 Å². The number of nitrogens with one attached hydrogen (secondary N) is 1. The molecule has 0 amide bonds. The predicted octanol–water partition coefficient (Wildman–Crippen LogP) is 3.59. The monoisotopic (exact) mass is 185 g/mol. The van der Waals surface area contributed by atoms with Crippen molar-refractivity contribution in [2.75, 3.05) is 6.54 Å². The maximum atomic E-state index is 3.56. The van der Waals surface area contributed by atoms with Crippen LogP contribution in [0.5, 0.6) is 0 Å². The van der Waals surface area contributed by atoms with Gasteiger partial charge in [0, 0.05) is 6.04 Å². The van der Waals surface area contributed by atoms with E-state index in [1.165, 1.54) is 38.6 Å². The Bertz CT molecular complexity index is 99.3. The van der Waals surface area contributed by atoms with E-state index in [9.17, 15) is 0 Å². The first-order chi connectivity index (χ1) is 6.18. The third-order valence-corrected chi connectivity index (χ3v) is 2.75. The zero-order chi connectivity index (χ0) is 10.1. The summed E-state index contributed by atoms with van der Waals surface area (Å²) in [7, 11) is 0. The van der Waals surface area contributed by atoms with Crippen LogP contribution in [-0.2, 0) is 0 Å². The maximum Gasteiger partial charge on any atom is 0.00617 e. The second-order valence-corrected chi connectivity index (χ2v) is 4.40. The lowest BCUT2D eigenvalue weighted by Crippen LogP contribution is -2.31. The van der Waals surface area contributed by atoms with Gasteiger partial charge in [-0.05, 0) is 25.8 Å². The molecule has 0 aliphatic carbocycles. The van der Waals surface area contributed by atoms with Crippen LogP contribution in [0.4, 0.5) is 0 Å². The summed E-state index contributed by atoms with van der Waals surface area (Å²) in [5, 5.41) is 3.56. The average molecular weight is 185 g/mol. The first-order valence-corrected chi connectivity index (χ1v) is 5.91. The van der Waals surface area contributed by atoms with Crippen LogP contribution in [0, 0.1) is 5.92 Å². The number of hydrogen-bond acceptors (Lipinski definition) is 1. The summed E-state index contributed by atoms with van der Waals surface area (Å²) in [6, 6.07) is 0.672. The normalized spacial score (nSPS) is 13.6. The van der Waals surface area contributed by atoms with Gasteiger partial charge in [-0.3, -0.25) is 0 Å². The first kappa shape index (κ1) is 13.0. The fourth-order valence-electron chi connectivity index (χ4n) is 1.29. The average Bonchev–Trinajstić information content (AvgIpc) is 2.10. The molecule has 13 heavy (non-hydrogen) atoms. The summed E-state index contributed by atoms with van der Waals surface area (Å²) in [4.78, 5) is 0. The zero-order valence-corrected chi connectivity index (χ0v) is 9.90. The summed E-state index contributed by atoms with van der Waals surface area (Å²) in [5.41, 5.74) is 0. The van der Waals surface area contributed by atoms with Crippen molar-refractivity contribution in [1.82, 2.24) is 5.32 Å². The van der Waals surface area contributed by atoms with Gasteiger partial charge in [-0.25, -0.2) is 0 Å². The van der Waals surface area contributed by atoms with Crippen LogP contribution >= 0.6 is 0 Å². The molecule has 0 aliphatic rings. The Morgan fingerprint density at radius 2 is 1.54 bits per heavy atom. The molecule has 80 valence electrons. The van der Waals surface area contributed by atoms with Gasteiger partial charge in [-0.1, -0.05) is 46.5 Å². The third-order valence-electron chi connectivity index (χ3n) is 2.75. The molecule has 0 aromatic carbocycles. The van der Waals surface area contributed by atoms with Crippen LogP contribution in [0.1, 0.15) is 59.8 Å². The molecule has 1 unspecified atom stereocenters. The minimum Gasteiger partial charge on any atom is -0.314 e. The molecule has 0 radical (unpaired) electrons. The van der Waals surface area contributed by atoms with Crippen molar-refractivity contribution in [2.24, 2.45) is 5.92 Å². The van der Waals surface area contributed by atoms with E-state index in [0.717, 1.165) is 5.92 Å². The van der Waals surface area contributed by atoms with Gasteiger partial charge in [0.1, 0.15) is 0 Å². The number of unbranched alkanes of at least 4 members (excludes halogenated alkanes) is 4. The molecule has 0 aliphatic heterocycles. The quantitative estimate of drug-likeness (QED) is 0.570. The van der Waals surface area contributed by atoms with E-state index in [1.807, 2.05) is 0 Å². The maximum absolute atomic E-state index is 3.56. The van der Waals surface area contributed by atoms with Gasteiger partial charge >= 0.3 is 0 Å². The van der Waals surface area contributed by atoms with Crippen LogP contribution in [0.2, 0.25) is 0 Å². The molecule has 0 aromatic heterocycles. The molecule has 1 atom stereocenters. The van der Waals surface area contributed by atoms with E-state index < -0.39 is 0 Å². The van der Waals surface area contributed by atoms with Crippen molar-refractivity contribution in [2.45, 2.75) is 65.8 Å². The van der Waals surface area contributed by atoms with E-state index >= 15 is 0 Å². The van der Waals surface area contributed by atoms with Crippen molar-refractivity contribution >= 4 is 0 Å².